The summed E-state index contributed by atoms with van der Waals surface area (Å²) in [6.07, 6.45) is 2.25. The Morgan fingerprint density at radius 1 is 1.13 bits per heavy atom. The van der Waals surface area contributed by atoms with Gasteiger partial charge in [-0.1, -0.05) is 35.9 Å². The van der Waals surface area contributed by atoms with Crippen molar-refractivity contribution in [3.63, 3.8) is 0 Å². The van der Waals surface area contributed by atoms with Crippen molar-refractivity contribution in [2.75, 3.05) is 11.9 Å². The number of H-pyrrole nitrogens is 1. The number of nitrogens with zero attached hydrogens (tertiary/aromatic N) is 1. The quantitative estimate of drug-likeness (QED) is 0.768. The monoisotopic (exact) mass is 325 g/mol. The van der Waals surface area contributed by atoms with Crippen LogP contribution in [0.15, 0.2) is 53.3 Å². The van der Waals surface area contributed by atoms with Crippen molar-refractivity contribution in [1.29, 1.82) is 0 Å². The molecule has 2 N–H and O–H groups in total. The van der Waals surface area contributed by atoms with Gasteiger partial charge in [-0.05, 0) is 42.7 Å². The standard InChI is InChI=1S/C18H16ClN3O/c19-13-7-5-12(6-8-13)18(9-10-18)11-20-17-21-15-4-2-1-3-14(15)16(23)22-17/h1-8H,9-11H2,(H2,20,21,22,23). The summed E-state index contributed by atoms with van der Waals surface area (Å²) in [5.41, 5.74) is 1.98. The van der Waals surface area contributed by atoms with Crippen molar-refractivity contribution < 1.29 is 0 Å². The highest BCUT2D eigenvalue weighted by Gasteiger charge is 2.44. The van der Waals surface area contributed by atoms with Crippen molar-refractivity contribution in [2.24, 2.45) is 0 Å². The number of nitrogens with one attached hydrogen (secondary N) is 2. The van der Waals surface area contributed by atoms with Crippen LogP contribution in [0.5, 0.6) is 0 Å². The first kappa shape index (κ1) is 14.3. The minimum Gasteiger partial charge on any atom is -0.355 e. The maximum atomic E-state index is 12.1. The van der Waals surface area contributed by atoms with Gasteiger partial charge in [0.1, 0.15) is 0 Å². The fraction of sp³-hybridized carbons (Fsp3) is 0.222. The Balaban J connectivity index is 1.57. The fourth-order valence-electron chi connectivity index (χ4n) is 2.94. The van der Waals surface area contributed by atoms with E-state index in [0.29, 0.717) is 16.9 Å². The molecule has 1 fully saturated rings. The van der Waals surface area contributed by atoms with Gasteiger partial charge >= 0.3 is 0 Å². The minimum atomic E-state index is -0.116. The van der Waals surface area contributed by atoms with Crippen molar-refractivity contribution in [3.05, 3.63) is 69.5 Å². The molecule has 3 aromatic rings. The van der Waals surface area contributed by atoms with Crippen LogP contribution < -0.4 is 10.9 Å². The molecule has 0 bridgehead atoms. The molecule has 0 aliphatic heterocycles. The van der Waals surface area contributed by atoms with Gasteiger partial charge in [0, 0.05) is 17.0 Å². The number of para-hydroxylation sites is 1. The Kier molecular flexibility index (Phi) is 3.34. The molecule has 0 atom stereocenters. The average molecular weight is 326 g/mol. The Bertz CT molecular complexity index is 913. The normalized spacial score (nSPS) is 15.5. The van der Waals surface area contributed by atoms with Crippen LogP contribution >= 0.6 is 11.6 Å². The molecular weight excluding hydrogens is 310 g/mol. The van der Waals surface area contributed by atoms with Gasteiger partial charge in [0.25, 0.3) is 5.56 Å². The zero-order valence-corrected chi connectivity index (χ0v) is 13.2. The van der Waals surface area contributed by atoms with E-state index in [1.54, 1.807) is 6.07 Å². The number of fused-ring (bicyclic) bond motifs is 1. The zero-order valence-electron chi connectivity index (χ0n) is 12.5. The summed E-state index contributed by atoms with van der Waals surface area (Å²) in [4.78, 5) is 19.4. The molecule has 0 spiro atoms. The van der Waals surface area contributed by atoms with Crippen LogP contribution in [0.1, 0.15) is 18.4 Å². The summed E-state index contributed by atoms with van der Waals surface area (Å²) < 4.78 is 0. The molecule has 4 rings (SSSR count). The molecule has 0 radical (unpaired) electrons. The maximum Gasteiger partial charge on any atom is 0.260 e. The number of hydrogen-bond donors (Lipinski definition) is 2. The summed E-state index contributed by atoms with van der Waals surface area (Å²) in [7, 11) is 0. The lowest BCUT2D eigenvalue weighted by Gasteiger charge is -2.17. The fourth-order valence-corrected chi connectivity index (χ4v) is 3.07. The van der Waals surface area contributed by atoms with Gasteiger partial charge in [-0.25, -0.2) is 4.98 Å². The molecule has 1 aliphatic rings. The third-order valence-electron chi connectivity index (χ3n) is 4.52. The molecule has 4 nitrogen and oxygen atoms in total. The highest BCUT2D eigenvalue weighted by molar-refractivity contribution is 6.30. The van der Waals surface area contributed by atoms with Crippen LogP contribution in [-0.4, -0.2) is 16.5 Å². The van der Waals surface area contributed by atoms with E-state index >= 15 is 0 Å². The Hall–Kier alpha value is -2.33. The topological polar surface area (TPSA) is 57.8 Å². The van der Waals surface area contributed by atoms with Gasteiger partial charge in [0.2, 0.25) is 5.95 Å². The summed E-state index contributed by atoms with van der Waals surface area (Å²) in [6.45, 7) is 0.746. The molecule has 0 unspecified atom stereocenters. The number of benzene rings is 2. The first-order chi connectivity index (χ1) is 11.2. The summed E-state index contributed by atoms with van der Waals surface area (Å²) >= 11 is 5.96. The van der Waals surface area contributed by atoms with E-state index in [4.69, 9.17) is 11.6 Å². The third kappa shape index (κ3) is 2.70. The third-order valence-corrected chi connectivity index (χ3v) is 4.77. The van der Waals surface area contributed by atoms with E-state index in [9.17, 15) is 4.79 Å². The van der Waals surface area contributed by atoms with Crippen molar-refractivity contribution >= 4 is 28.5 Å². The van der Waals surface area contributed by atoms with Gasteiger partial charge in [-0.15, -0.1) is 0 Å². The molecular formula is C18H16ClN3O. The van der Waals surface area contributed by atoms with Gasteiger partial charge in [0.15, 0.2) is 0 Å². The number of aromatic nitrogens is 2. The molecule has 0 saturated heterocycles. The first-order valence-corrected chi connectivity index (χ1v) is 8.03. The van der Waals surface area contributed by atoms with Crippen LogP contribution in [0, 0.1) is 0 Å². The zero-order chi connectivity index (χ0) is 15.9. The second-order valence-corrected chi connectivity index (χ2v) is 6.51. The molecule has 1 aromatic heterocycles. The largest absolute Gasteiger partial charge is 0.355 e. The number of anilines is 1. The molecule has 5 heteroatoms. The number of aromatic amines is 1. The minimum absolute atomic E-state index is 0.116. The smallest absolute Gasteiger partial charge is 0.260 e. The molecule has 1 aliphatic carbocycles. The molecule has 1 heterocycles. The van der Waals surface area contributed by atoms with E-state index in [1.165, 1.54) is 5.56 Å². The summed E-state index contributed by atoms with van der Waals surface area (Å²) in [6, 6.07) is 15.4. The molecule has 23 heavy (non-hydrogen) atoms. The second kappa shape index (κ2) is 5.39. The molecule has 2 aromatic carbocycles. The number of rotatable bonds is 4. The van der Waals surface area contributed by atoms with Crippen LogP contribution in [0.2, 0.25) is 5.02 Å². The second-order valence-electron chi connectivity index (χ2n) is 6.07. The van der Waals surface area contributed by atoms with E-state index in [-0.39, 0.29) is 11.0 Å². The molecule has 116 valence electrons. The Labute approximate surface area is 138 Å². The van der Waals surface area contributed by atoms with E-state index in [0.717, 1.165) is 24.4 Å². The summed E-state index contributed by atoms with van der Waals surface area (Å²) in [5.74, 6) is 0.522. The molecule has 0 amide bonds. The Morgan fingerprint density at radius 3 is 2.61 bits per heavy atom. The SMILES string of the molecule is O=c1[nH]c(NCC2(c3ccc(Cl)cc3)CC2)nc2ccccc12. The average Bonchev–Trinajstić information content (AvgIpc) is 3.35. The van der Waals surface area contributed by atoms with Crippen LogP contribution in [0.25, 0.3) is 10.9 Å². The van der Waals surface area contributed by atoms with E-state index < -0.39 is 0 Å². The lowest BCUT2D eigenvalue weighted by molar-refractivity contribution is 0.727. The molecule has 1 saturated carbocycles. The number of hydrogen-bond acceptors (Lipinski definition) is 3. The van der Waals surface area contributed by atoms with Gasteiger partial charge in [-0.2, -0.15) is 0 Å². The predicted molar refractivity (Wildman–Crippen MR) is 93.2 cm³/mol. The van der Waals surface area contributed by atoms with Crippen molar-refractivity contribution in [2.45, 2.75) is 18.3 Å². The van der Waals surface area contributed by atoms with Crippen molar-refractivity contribution in [3.8, 4) is 0 Å². The van der Waals surface area contributed by atoms with E-state index in [1.807, 2.05) is 30.3 Å². The lowest BCUT2D eigenvalue weighted by atomic mass is 9.96. The predicted octanol–water partition coefficient (Wildman–Crippen LogP) is 3.72. The number of halogens is 1. The van der Waals surface area contributed by atoms with Crippen LogP contribution in [-0.2, 0) is 5.41 Å². The van der Waals surface area contributed by atoms with Gasteiger partial charge in [0.05, 0.1) is 10.9 Å². The summed E-state index contributed by atoms with van der Waals surface area (Å²) in [5, 5.41) is 4.65. The Morgan fingerprint density at radius 2 is 1.87 bits per heavy atom. The van der Waals surface area contributed by atoms with Gasteiger partial charge in [-0.3, -0.25) is 9.78 Å². The van der Waals surface area contributed by atoms with Crippen LogP contribution in [0.4, 0.5) is 5.95 Å². The highest BCUT2D eigenvalue weighted by atomic mass is 35.5. The first-order valence-electron chi connectivity index (χ1n) is 7.65. The highest BCUT2D eigenvalue weighted by Crippen LogP contribution is 2.48. The van der Waals surface area contributed by atoms with Gasteiger partial charge < -0.3 is 5.32 Å². The maximum absolute atomic E-state index is 12.1. The van der Waals surface area contributed by atoms with E-state index in [2.05, 4.69) is 27.4 Å². The van der Waals surface area contributed by atoms with Crippen molar-refractivity contribution in [1.82, 2.24) is 9.97 Å². The lowest BCUT2D eigenvalue weighted by Crippen LogP contribution is -2.22. The van der Waals surface area contributed by atoms with Crippen LogP contribution in [0.3, 0.4) is 0 Å².